The van der Waals surface area contributed by atoms with Crippen molar-refractivity contribution >= 4 is 11.7 Å². The number of benzene rings is 2. The lowest BCUT2D eigenvalue weighted by Gasteiger charge is -2.17. The summed E-state index contributed by atoms with van der Waals surface area (Å²) in [4.78, 5) is 12.2. The van der Waals surface area contributed by atoms with Gasteiger partial charge in [0.15, 0.2) is 0 Å². The highest BCUT2D eigenvalue weighted by molar-refractivity contribution is 5.90. The molecule has 1 unspecified atom stereocenters. The van der Waals surface area contributed by atoms with Crippen molar-refractivity contribution in [1.29, 1.82) is 0 Å². The molecule has 2 amide bonds. The maximum absolute atomic E-state index is 14.0. The van der Waals surface area contributed by atoms with Crippen molar-refractivity contribution in [2.75, 3.05) is 11.9 Å². The Bertz CT molecular complexity index is 841. The molecule has 0 saturated heterocycles. The summed E-state index contributed by atoms with van der Waals surface area (Å²) >= 11 is 0. The van der Waals surface area contributed by atoms with Crippen molar-refractivity contribution in [2.45, 2.75) is 6.04 Å². The van der Waals surface area contributed by atoms with E-state index in [1.807, 2.05) is 6.07 Å². The van der Waals surface area contributed by atoms with Crippen LogP contribution in [0.15, 0.2) is 54.9 Å². The van der Waals surface area contributed by atoms with Gasteiger partial charge in [-0.15, -0.1) is 5.10 Å². The van der Waals surface area contributed by atoms with Gasteiger partial charge in [-0.3, -0.25) is 0 Å². The Hall–Kier alpha value is -3.33. The highest BCUT2D eigenvalue weighted by Crippen LogP contribution is 2.19. The number of urea groups is 1. The normalized spacial score (nSPS) is 11.8. The molecule has 25 heavy (non-hydrogen) atoms. The third kappa shape index (κ3) is 3.96. The number of aliphatic hydroxyl groups excluding tert-OH is 1. The van der Waals surface area contributed by atoms with Crippen molar-refractivity contribution < 1.29 is 14.3 Å². The van der Waals surface area contributed by atoms with Gasteiger partial charge in [0.25, 0.3) is 0 Å². The monoisotopic (exact) mass is 342 g/mol. The number of nitrogens with one attached hydrogen (secondary N) is 2. The molecule has 0 bridgehead atoms. The second-order valence-electron chi connectivity index (χ2n) is 5.16. The molecular weight excluding hydrogens is 327 g/mol. The quantitative estimate of drug-likeness (QED) is 0.654. The summed E-state index contributed by atoms with van der Waals surface area (Å²) < 4.78 is 15.3. The molecule has 9 heteroatoms. The van der Waals surface area contributed by atoms with Gasteiger partial charge in [0.1, 0.15) is 12.1 Å². The number of tetrazole rings is 1. The van der Waals surface area contributed by atoms with Crippen molar-refractivity contribution in [1.82, 2.24) is 25.5 Å². The molecule has 0 aliphatic rings. The Morgan fingerprint density at radius 2 is 2.04 bits per heavy atom. The summed E-state index contributed by atoms with van der Waals surface area (Å²) in [5, 5.41) is 25.2. The van der Waals surface area contributed by atoms with E-state index in [-0.39, 0.29) is 12.3 Å². The highest BCUT2D eigenvalue weighted by Gasteiger charge is 2.15. The van der Waals surface area contributed by atoms with Crippen LogP contribution in [-0.2, 0) is 0 Å². The van der Waals surface area contributed by atoms with Crippen LogP contribution in [0.1, 0.15) is 11.6 Å². The first kappa shape index (κ1) is 16.5. The van der Waals surface area contributed by atoms with Crippen LogP contribution in [0.2, 0.25) is 0 Å². The highest BCUT2D eigenvalue weighted by atomic mass is 19.1. The van der Waals surface area contributed by atoms with Gasteiger partial charge >= 0.3 is 6.03 Å². The molecule has 3 rings (SSSR count). The van der Waals surface area contributed by atoms with E-state index in [1.165, 1.54) is 29.2 Å². The lowest BCUT2D eigenvalue weighted by molar-refractivity contribution is 0.225. The number of anilines is 1. The number of aliphatic hydroxyl groups is 1. The van der Waals surface area contributed by atoms with Crippen molar-refractivity contribution in [3.05, 3.63) is 66.2 Å². The third-order valence-electron chi connectivity index (χ3n) is 3.50. The molecule has 0 aliphatic heterocycles. The van der Waals surface area contributed by atoms with Gasteiger partial charge in [-0.25, -0.2) is 13.9 Å². The average molecular weight is 342 g/mol. The molecule has 3 N–H and O–H groups in total. The fourth-order valence-electron chi connectivity index (χ4n) is 2.27. The Morgan fingerprint density at radius 3 is 2.72 bits per heavy atom. The molecular formula is C16H15FN6O2. The van der Waals surface area contributed by atoms with Gasteiger partial charge in [0.2, 0.25) is 0 Å². The van der Waals surface area contributed by atoms with E-state index in [0.717, 1.165) is 5.56 Å². The molecule has 1 atom stereocenters. The van der Waals surface area contributed by atoms with E-state index in [1.54, 1.807) is 24.3 Å². The molecule has 0 spiro atoms. The van der Waals surface area contributed by atoms with Crippen LogP contribution in [0.3, 0.4) is 0 Å². The summed E-state index contributed by atoms with van der Waals surface area (Å²) in [5.74, 6) is -0.604. The Labute approximate surface area is 142 Å². The van der Waals surface area contributed by atoms with Crippen LogP contribution in [0.4, 0.5) is 14.9 Å². The van der Waals surface area contributed by atoms with Gasteiger partial charge in [-0.05, 0) is 34.2 Å². The molecule has 0 aliphatic carbocycles. The lowest BCUT2D eigenvalue weighted by Crippen LogP contribution is -2.34. The fourth-order valence-corrected chi connectivity index (χ4v) is 2.27. The maximum Gasteiger partial charge on any atom is 0.319 e. The van der Waals surface area contributed by atoms with E-state index in [4.69, 9.17) is 0 Å². The van der Waals surface area contributed by atoms with E-state index in [2.05, 4.69) is 26.2 Å². The Kier molecular flexibility index (Phi) is 4.95. The first-order valence-electron chi connectivity index (χ1n) is 7.43. The van der Waals surface area contributed by atoms with Gasteiger partial charge in [0, 0.05) is 0 Å². The number of carbonyl (C=O) groups excluding carboxylic acids is 1. The minimum atomic E-state index is -0.643. The Morgan fingerprint density at radius 1 is 1.24 bits per heavy atom. The van der Waals surface area contributed by atoms with Crippen LogP contribution in [0.25, 0.3) is 5.69 Å². The summed E-state index contributed by atoms with van der Waals surface area (Å²) in [6.07, 6.45) is 1.36. The zero-order valence-electron chi connectivity index (χ0n) is 13.0. The summed E-state index contributed by atoms with van der Waals surface area (Å²) in [6.45, 7) is -0.287. The summed E-state index contributed by atoms with van der Waals surface area (Å²) in [6, 6.07) is 11.8. The van der Waals surface area contributed by atoms with Crippen LogP contribution < -0.4 is 10.6 Å². The molecule has 1 heterocycles. The molecule has 0 saturated carbocycles. The summed E-state index contributed by atoms with van der Waals surface area (Å²) in [5.41, 5.74) is 1.20. The topological polar surface area (TPSA) is 105 Å². The van der Waals surface area contributed by atoms with Crippen LogP contribution in [-0.4, -0.2) is 38.0 Å². The molecule has 0 radical (unpaired) electrons. The van der Waals surface area contributed by atoms with Crippen molar-refractivity contribution in [3.63, 3.8) is 0 Å². The van der Waals surface area contributed by atoms with Crippen LogP contribution >= 0.6 is 0 Å². The predicted octanol–water partition coefficient (Wildman–Crippen LogP) is 1.66. The van der Waals surface area contributed by atoms with Gasteiger partial charge in [0.05, 0.1) is 24.0 Å². The number of carbonyl (C=O) groups is 1. The predicted molar refractivity (Wildman–Crippen MR) is 87.5 cm³/mol. The summed E-state index contributed by atoms with van der Waals surface area (Å²) in [7, 11) is 0. The zero-order chi connectivity index (χ0) is 17.6. The van der Waals surface area contributed by atoms with Crippen LogP contribution in [0.5, 0.6) is 0 Å². The molecule has 2 aromatic carbocycles. The standard InChI is InChI=1S/C16H15FN6O2/c17-13-7-6-12(23-10-18-21-22-23)8-14(13)19-16(25)20-15(9-24)11-4-2-1-3-5-11/h1-8,10,15,24H,9H2,(H2,19,20,25). The molecule has 0 fully saturated rings. The largest absolute Gasteiger partial charge is 0.394 e. The zero-order valence-corrected chi connectivity index (χ0v) is 13.0. The number of aromatic nitrogens is 4. The fraction of sp³-hybridized carbons (Fsp3) is 0.125. The molecule has 3 aromatic rings. The number of halogens is 1. The van der Waals surface area contributed by atoms with Crippen molar-refractivity contribution in [3.8, 4) is 5.69 Å². The van der Waals surface area contributed by atoms with Crippen molar-refractivity contribution in [2.24, 2.45) is 0 Å². The second-order valence-corrected chi connectivity index (χ2v) is 5.16. The first-order chi connectivity index (χ1) is 12.2. The van der Waals surface area contributed by atoms with Gasteiger partial charge in [-0.2, -0.15) is 0 Å². The number of rotatable bonds is 5. The minimum absolute atomic E-state index is 0.0322. The SMILES string of the molecule is O=C(Nc1cc(-n2cnnn2)ccc1F)NC(CO)c1ccccc1. The van der Waals surface area contributed by atoms with E-state index in [9.17, 15) is 14.3 Å². The van der Waals surface area contributed by atoms with E-state index < -0.39 is 17.9 Å². The van der Waals surface area contributed by atoms with E-state index >= 15 is 0 Å². The number of hydrogen-bond acceptors (Lipinski definition) is 5. The smallest absolute Gasteiger partial charge is 0.319 e. The van der Waals surface area contributed by atoms with Gasteiger partial charge in [-0.1, -0.05) is 30.3 Å². The third-order valence-corrected chi connectivity index (χ3v) is 3.50. The lowest BCUT2D eigenvalue weighted by atomic mass is 10.1. The first-order valence-corrected chi connectivity index (χ1v) is 7.43. The number of nitrogens with zero attached hydrogens (tertiary/aromatic N) is 4. The second kappa shape index (κ2) is 7.49. The average Bonchev–Trinajstić information content (AvgIpc) is 3.17. The minimum Gasteiger partial charge on any atom is -0.394 e. The molecule has 8 nitrogen and oxygen atoms in total. The maximum atomic E-state index is 14.0. The van der Waals surface area contributed by atoms with Gasteiger partial charge < -0.3 is 15.7 Å². The molecule has 128 valence electrons. The van der Waals surface area contributed by atoms with Crippen LogP contribution in [0, 0.1) is 5.82 Å². The number of amides is 2. The number of hydrogen-bond donors (Lipinski definition) is 3. The molecule has 1 aromatic heterocycles. The van der Waals surface area contributed by atoms with E-state index in [0.29, 0.717) is 5.69 Å². The Balaban J connectivity index is 1.73.